The van der Waals surface area contributed by atoms with Crippen molar-refractivity contribution < 1.29 is 14.6 Å². The zero-order valence-corrected chi connectivity index (χ0v) is 13.1. The minimum absolute atomic E-state index is 0.0674. The summed E-state index contributed by atoms with van der Waals surface area (Å²) in [6.07, 6.45) is 1.57. The van der Waals surface area contributed by atoms with E-state index in [0.717, 1.165) is 17.1 Å². The van der Waals surface area contributed by atoms with E-state index in [0.29, 0.717) is 18.7 Å². The zero-order valence-electron chi connectivity index (χ0n) is 12.3. The minimum atomic E-state index is -0.824. The molecule has 0 spiro atoms. The molecular weight excluding hydrogens is 274 g/mol. The minimum Gasteiger partial charge on any atom is -0.497 e. The van der Waals surface area contributed by atoms with Crippen molar-refractivity contribution in [3.05, 3.63) is 24.3 Å². The fourth-order valence-electron chi connectivity index (χ4n) is 1.79. The van der Waals surface area contributed by atoms with Gasteiger partial charge in [-0.2, -0.15) is 0 Å². The van der Waals surface area contributed by atoms with E-state index in [2.05, 4.69) is 5.32 Å². The molecule has 5 heteroatoms. The molecular formula is C15H23NO3S. The lowest BCUT2D eigenvalue weighted by Gasteiger charge is -2.22. The number of hydrogen-bond donors (Lipinski definition) is 2. The number of carbonyl (C=O) groups is 1. The van der Waals surface area contributed by atoms with Gasteiger partial charge in [-0.1, -0.05) is 13.3 Å². The quantitative estimate of drug-likeness (QED) is 0.724. The molecule has 1 aromatic carbocycles. The first-order chi connectivity index (χ1) is 9.46. The van der Waals surface area contributed by atoms with E-state index < -0.39 is 5.60 Å². The van der Waals surface area contributed by atoms with Crippen LogP contribution in [0.15, 0.2) is 29.2 Å². The van der Waals surface area contributed by atoms with Crippen molar-refractivity contribution in [3.8, 4) is 5.75 Å². The van der Waals surface area contributed by atoms with Crippen LogP contribution in [-0.2, 0) is 4.79 Å². The van der Waals surface area contributed by atoms with E-state index in [9.17, 15) is 9.90 Å². The number of thioether (sulfide) groups is 1. The van der Waals surface area contributed by atoms with Gasteiger partial charge in [-0.3, -0.25) is 4.79 Å². The summed E-state index contributed by atoms with van der Waals surface area (Å²) in [5, 5.41) is 12.7. The lowest BCUT2D eigenvalue weighted by atomic mass is 10.0. The number of nitrogens with one attached hydrogen (secondary N) is 1. The molecule has 1 aromatic rings. The number of hydrogen-bond acceptors (Lipinski definition) is 4. The summed E-state index contributed by atoms with van der Waals surface area (Å²) in [6, 6.07) is 7.58. The molecule has 4 nitrogen and oxygen atoms in total. The summed E-state index contributed by atoms with van der Waals surface area (Å²) in [5.41, 5.74) is -0.824. The van der Waals surface area contributed by atoms with Crippen LogP contribution in [0.3, 0.4) is 0 Å². The van der Waals surface area contributed by atoms with E-state index >= 15 is 0 Å². The normalized spacial score (nSPS) is 13.6. The van der Waals surface area contributed by atoms with E-state index in [1.54, 1.807) is 14.0 Å². The molecule has 0 heterocycles. The Balaban J connectivity index is 2.32. The second-order valence-corrected chi connectivity index (χ2v) is 6.04. The second-order valence-electron chi connectivity index (χ2n) is 4.99. The Morgan fingerprint density at radius 1 is 1.40 bits per heavy atom. The molecule has 1 rings (SSSR count). The lowest BCUT2D eigenvalue weighted by molar-refractivity contribution is -0.119. The molecule has 0 aliphatic carbocycles. The van der Waals surface area contributed by atoms with Crippen LogP contribution in [0, 0.1) is 0 Å². The highest BCUT2D eigenvalue weighted by Gasteiger charge is 2.19. The molecule has 0 saturated carbocycles. The van der Waals surface area contributed by atoms with Crippen LogP contribution in [0.4, 0.5) is 0 Å². The van der Waals surface area contributed by atoms with Gasteiger partial charge in [-0.15, -0.1) is 11.8 Å². The number of amides is 1. The van der Waals surface area contributed by atoms with Crippen LogP contribution < -0.4 is 10.1 Å². The van der Waals surface area contributed by atoms with Gasteiger partial charge in [0.05, 0.1) is 18.5 Å². The summed E-state index contributed by atoms with van der Waals surface area (Å²) >= 11 is 1.46. The third-order valence-electron chi connectivity index (χ3n) is 2.88. The molecule has 1 atom stereocenters. The van der Waals surface area contributed by atoms with E-state index in [1.165, 1.54) is 11.8 Å². The summed E-state index contributed by atoms with van der Waals surface area (Å²) in [5.74, 6) is 1.07. The van der Waals surface area contributed by atoms with Gasteiger partial charge in [-0.05, 0) is 37.6 Å². The number of methoxy groups -OCH3 is 1. The Kier molecular flexibility index (Phi) is 6.88. The Morgan fingerprint density at radius 3 is 2.60 bits per heavy atom. The predicted octanol–water partition coefficient (Wildman–Crippen LogP) is 2.45. The second kappa shape index (κ2) is 8.17. The number of rotatable bonds is 8. The van der Waals surface area contributed by atoms with Crippen molar-refractivity contribution in [3.63, 3.8) is 0 Å². The van der Waals surface area contributed by atoms with Crippen molar-refractivity contribution >= 4 is 17.7 Å². The third-order valence-corrected chi connectivity index (χ3v) is 3.90. The molecule has 0 bridgehead atoms. The third kappa shape index (κ3) is 6.30. The van der Waals surface area contributed by atoms with E-state index in [-0.39, 0.29) is 5.91 Å². The smallest absolute Gasteiger partial charge is 0.230 e. The molecule has 2 N–H and O–H groups in total. The Morgan fingerprint density at radius 2 is 2.05 bits per heavy atom. The van der Waals surface area contributed by atoms with Gasteiger partial charge >= 0.3 is 0 Å². The molecule has 20 heavy (non-hydrogen) atoms. The average Bonchev–Trinajstić information content (AvgIpc) is 2.43. The number of benzene rings is 1. The average molecular weight is 297 g/mol. The Labute approximate surface area is 124 Å². The van der Waals surface area contributed by atoms with Gasteiger partial charge in [0, 0.05) is 11.4 Å². The van der Waals surface area contributed by atoms with Crippen LogP contribution in [0.1, 0.15) is 26.7 Å². The molecule has 0 aliphatic heterocycles. The van der Waals surface area contributed by atoms with Gasteiger partial charge in [0.15, 0.2) is 0 Å². The van der Waals surface area contributed by atoms with Crippen LogP contribution in [0.25, 0.3) is 0 Å². The molecule has 0 radical (unpaired) electrons. The Bertz CT molecular complexity index is 418. The monoisotopic (exact) mass is 297 g/mol. The number of carbonyl (C=O) groups excluding carboxylic acids is 1. The van der Waals surface area contributed by atoms with Crippen molar-refractivity contribution in [1.82, 2.24) is 5.32 Å². The highest BCUT2D eigenvalue weighted by molar-refractivity contribution is 8.00. The maximum atomic E-state index is 11.7. The first-order valence-corrected chi connectivity index (χ1v) is 7.71. The van der Waals surface area contributed by atoms with Crippen LogP contribution in [0.5, 0.6) is 5.75 Å². The molecule has 0 aliphatic rings. The topological polar surface area (TPSA) is 58.6 Å². The number of aliphatic hydroxyl groups is 1. The standard InChI is InChI=1S/C15H23NO3S/c1-4-9-15(2,18)11-16-14(17)10-20-13-7-5-12(19-3)6-8-13/h5-8,18H,4,9-11H2,1-3H3,(H,16,17). The van der Waals surface area contributed by atoms with Gasteiger partial charge < -0.3 is 15.2 Å². The summed E-state index contributed by atoms with van der Waals surface area (Å²) in [6.45, 7) is 4.05. The van der Waals surface area contributed by atoms with Crippen LogP contribution >= 0.6 is 11.8 Å². The molecule has 1 amide bonds. The van der Waals surface area contributed by atoms with Gasteiger partial charge in [0.2, 0.25) is 5.91 Å². The molecule has 112 valence electrons. The van der Waals surface area contributed by atoms with Crippen molar-refractivity contribution in [1.29, 1.82) is 0 Å². The van der Waals surface area contributed by atoms with Gasteiger partial charge in [-0.25, -0.2) is 0 Å². The fraction of sp³-hybridized carbons (Fsp3) is 0.533. The van der Waals surface area contributed by atoms with Gasteiger partial charge in [0.25, 0.3) is 0 Å². The summed E-state index contributed by atoms with van der Waals surface area (Å²) in [4.78, 5) is 12.7. The first-order valence-electron chi connectivity index (χ1n) is 6.73. The maximum absolute atomic E-state index is 11.7. The maximum Gasteiger partial charge on any atom is 0.230 e. The Hall–Kier alpha value is -1.20. The van der Waals surface area contributed by atoms with Crippen molar-refractivity contribution in [2.24, 2.45) is 0 Å². The van der Waals surface area contributed by atoms with Crippen LogP contribution in [0.2, 0.25) is 0 Å². The number of ether oxygens (including phenoxy) is 1. The largest absolute Gasteiger partial charge is 0.497 e. The zero-order chi connectivity index (χ0) is 15.0. The molecule has 1 unspecified atom stereocenters. The summed E-state index contributed by atoms with van der Waals surface area (Å²) in [7, 11) is 1.62. The highest BCUT2D eigenvalue weighted by Crippen LogP contribution is 2.21. The van der Waals surface area contributed by atoms with Crippen molar-refractivity contribution in [2.75, 3.05) is 19.4 Å². The SMILES string of the molecule is CCCC(C)(O)CNC(=O)CSc1ccc(OC)cc1. The van der Waals surface area contributed by atoms with Gasteiger partial charge in [0.1, 0.15) is 5.75 Å². The molecule has 0 fully saturated rings. The van der Waals surface area contributed by atoms with E-state index in [1.807, 2.05) is 31.2 Å². The van der Waals surface area contributed by atoms with Crippen molar-refractivity contribution in [2.45, 2.75) is 37.2 Å². The van der Waals surface area contributed by atoms with E-state index in [4.69, 9.17) is 4.74 Å². The van der Waals surface area contributed by atoms with Crippen LogP contribution in [-0.4, -0.2) is 36.0 Å². The fourth-order valence-corrected chi connectivity index (χ4v) is 2.52. The molecule has 0 saturated heterocycles. The molecule has 0 aromatic heterocycles. The first kappa shape index (κ1) is 16.9. The predicted molar refractivity (Wildman–Crippen MR) is 82.3 cm³/mol. The summed E-state index contributed by atoms with van der Waals surface area (Å²) < 4.78 is 5.08. The highest BCUT2D eigenvalue weighted by atomic mass is 32.2. The lowest BCUT2D eigenvalue weighted by Crippen LogP contribution is -2.41.